The number of rotatable bonds is 6. The number of carboxylic acid groups (broad SMARTS) is 1. The molecule has 2 heterocycles. The van der Waals surface area contributed by atoms with Gasteiger partial charge in [0.25, 0.3) is 0 Å². The van der Waals surface area contributed by atoms with Crippen LogP contribution in [0.15, 0.2) is 92.4 Å². The fourth-order valence-electron chi connectivity index (χ4n) is 4.14. The van der Waals surface area contributed by atoms with E-state index >= 15 is 0 Å². The van der Waals surface area contributed by atoms with Gasteiger partial charge in [-0.1, -0.05) is 93.1 Å². The molecule has 6 aromatic rings. The zero-order valence-electron chi connectivity index (χ0n) is 22.7. The van der Waals surface area contributed by atoms with E-state index in [0.29, 0.717) is 46.7 Å². The first-order chi connectivity index (χ1) is 21.4. The normalized spacial score (nSPS) is 11.0. The third-order valence-electron chi connectivity index (χ3n) is 6.21. The highest BCUT2D eigenvalue weighted by atomic mass is 35.5. The number of aromatic carboxylic acids is 1. The van der Waals surface area contributed by atoms with Gasteiger partial charge >= 0.3 is 11.9 Å². The average Bonchev–Trinajstić information content (AvgIpc) is 3.63. The standard InChI is InChI=1S/C16H10Cl3NO2S.C15H8Cl3NO2S/c1-22-16(21)15-7-10-12(18)5-9(6-14(10)20-15)23-8-2-3-11(17)13(19)4-8;16-10-2-1-7(3-12(10)18)22-8-4-11(17)9-6-14(15(20)21)19-13(9)5-8/h2-7,20H,1H3;1-6,19H,(H,20,21). The maximum absolute atomic E-state index is 11.6. The number of benzene rings is 4. The highest BCUT2D eigenvalue weighted by Gasteiger charge is 2.14. The number of H-pyrrole nitrogens is 2. The van der Waals surface area contributed by atoms with Crippen LogP contribution in [0, 0.1) is 0 Å². The monoisotopic (exact) mass is 756 g/mol. The quantitative estimate of drug-likeness (QED) is 0.146. The number of halogens is 6. The topological polar surface area (TPSA) is 95.2 Å². The van der Waals surface area contributed by atoms with E-state index in [-0.39, 0.29) is 5.69 Å². The molecule has 6 rings (SSSR count). The highest BCUT2D eigenvalue weighted by Crippen LogP contribution is 2.38. The molecule has 4 aromatic carbocycles. The molecule has 0 bridgehead atoms. The van der Waals surface area contributed by atoms with Crippen LogP contribution >= 0.6 is 93.1 Å². The van der Waals surface area contributed by atoms with Crippen molar-refractivity contribution in [2.45, 2.75) is 19.6 Å². The lowest BCUT2D eigenvalue weighted by atomic mass is 10.2. The molecule has 0 unspecified atom stereocenters. The second-order valence-corrected chi connectivity index (χ2v) is 14.0. The van der Waals surface area contributed by atoms with Crippen molar-refractivity contribution in [1.29, 1.82) is 0 Å². The van der Waals surface area contributed by atoms with Crippen LogP contribution in [0.1, 0.15) is 21.0 Å². The Labute approximate surface area is 295 Å². The fraction of sp³-hybridized carbons (Fsp3) is 0.0323. The Hall–Kier alpha value is -2.66. The summed E-state index contributed by atoms with van der Waals surface area (Å²) in [5, 5.41) is 13.5. The van der Waals surface area contributed by atoms with Crippen LogP contribution < -0.4 is 0 Å². The molecule has 0 fully saturated rings. The number of carbonyl (C=O) groups is 2. The number of hydrogen-bond acceptors (Lipinski definition) is 5. The lowest BCUT2D eigenvalue weighted by molar-refractivity contribution is 0.0594. The molecule has 0 aliphatic rings. The molecule has 45 heavy (non-hydrogen) atoms. The number of methoxy groups -OCH3 is 1. The zero-order chi connectivity index (χ0) is 32.4. The van der Waals surface area contributed by atoms with Gasteiger partial charge in [0, 0.05) is 41.4 Å². The van der Waals surface area contributed by atoms with Crippen LogP contribution in [0.3, 0.4) is 0 Å². The summed E-state index contributed by atoms with van der Waals surface area (Å²) in [7, 11) is 1.33. The molecule has 0 saturated heterocycles. The van der Waals surface area contributed by atoms with E-state index in [4.69, 9.17) is 79.4 Å². The minimum Gasteiger partial charge on any atom is -0.477 e. The highest BCUT2D eigenvalue weighted by molar-refractivity contribution is 7.99. The number of ether oxygens (including phenoxy) is 1. The van der Waals surface area contributed by atoms with Crippen molar-refractivity contribution in [1.82, 2.24) is 9.97 Å². The summed E-state index contributed by atoms with van der Waals surface area (Å²) in [5.41, 5.74) is 1.91. The predicted octanol–water partition coefficient (Wildman–Crippen LogP) is 12.0. The van der Waals surface area contributed by atoms with Gasteiger partial charge in [-0.25, -0.2) is 9.59 Å². The molecule has 0 saturated carbocycles. The molecule has 230 valence electrons. The molecule has 0 radical (unpaired) electrons. The smallest absolute Gasteiger partial charge is 0.354 e. The van der Waals surface area contributed by atoms with Crippen LogP contribution in [-0.2, 0) is 4.74 Å². The van der Waals surface area contributed by atoms with Crippen LogP contribution in [0.4, 0.5) is 0 Å². The SMILES string of the molecule is COC(=O)c1cc2c(Cl)cc(Sc3ccc(Cl)c(Cl)c3)cc2[nH]1.O=C(O)c1cc2c(Cl)cc(Sc3ccc(Cl)c(Cl)c3)cc2[nH]1. The van der Waals surface area contributed by atoms with Gasteiger partial charge in [-0.2, -0.15) is 0 Å². The van der Waals surface area contributed by atoms with E-state index in [1.165, 1.54) is 36.7 Å². The molecule has 6 nitrogen and oxygen atoms in total. The Kier molecular flexibility index (Phi) is 10.8. The van der Waals surface area contributed by atoms with Crippen molar-refractivity contribution in [3.05, 3.63) is 114 Å². The second-order valence-electron chi connectivity index (χ2n) is 9.25. The van der Waals surface area contributed by atoms with Crippen LogP contribution in [0.25, 0.3) is 21.8 Å². The molecular formula is C31H18Cl6N2O4S2. The lowest BCUT2D eigenvalue weighted by Gasteiger charge is -2.05. The number of fused-ring (bicyclic) bond motifs is 2. The Morgan fingerprint density at radius 1 is 0.578 bits per heavy atom. The number of nitrogens with one attached hydrogen (secondary N) is 2. The van der Waals surface area contributed by atoms with Gasteiger partial charge in [0.15, 0.2) is 0 Å². The molecule has 0 aliphatic heterocycles. The summed E-state index contributed by atoms with van der Waals surface area (Å²) in [6.45, 7) is 0. The number of aromatic nitrogens is 2. The summed E-state index contributed by atoms with van der Waals surface area (Å²) >= 11 is 39.4. The van der Waals surface area contributed by atoms with Gasteiger partial charge in [-0.05, 0) is 72.8 Å². The largest absolute Gasteiger partial charge is 0.477 e. The third kappa shape index (κ3) is 8.02. The number of hydrogen-bond donors (Lipinski definition) is 3. The van der Waals surface area contributed by atoms with Crippen molar-refractivity contribution in [2.24, 2.45) is 0 Å². The van der Waals surface area contributed by atoms with Gasteiger partial charge in [-0.3, -0.25) is 0 Å². The third-order valence-corrected chi connectivity index (χ3v) is 10.2. The molecule has 0 aliphatic carbocycles. The first kappa shape index (κ1) is 33.7. The van der Waals surface area contributed by atoms with Crippen LogP contribution in [-0.4, -0.2) is 34.1 Å². The first-order valence-electron chi connectivity index (χ1n) is 12.6. The van der Waals surface area contributed by atoms with Gasteiger partial charge in [-0.15, -0.1) is 0 Å². The molecule has 0 amide bonds. The zero-order valence-corrected chi connectivity index (χ0v) is 28.9. The number of carboxylic acids is 1. The second kappa shape index (κ2) is 14.4. The maximum Gasteiger partial charge on any atom is 0.354 e. The predicted molar refractivity (Wildman–Crippen MR) is 186 cm³/mol. The van der Waals surface area contributed by atoms with Crippen LogP contribution in [0.2, 0.25) is 30.1 Å². The van der Waals surface area contributed by atoms with Crippen LogP contribution in [0.5, 0.6) is 0 Å². The Balaban J connectivity index is 0.000000178. The van der Waals surface area contributed by atoms with Crippen molar-refractivity contribution in [3.8, 4) is 0 Å². The average molecular weight is 759 g/mol. The number of carbonyl (C=O) groups excluding carboxylic acids is 1. The van der Waals surface area contributed by atoms with Crippen molar-refractivity contribution < 1.29 is 19.4 Å². The Bertz CT molecular complexity index is 2100. The van der Waals surface area contributed by atoms with Crippen molar-refractivity contribution >= 4 is 127 Å². The van der Waals surface area contributed by atoms with E-state index in [2.05, 4.69) is 9.97 Å². The van der Waals surface area contributed by atoms with E-state index in [9.17, 15) is 9.59 Å². The number of esters is 1. The summed E-state index contributed by atoms with van der Waals surface area (Å²) < 4.78 is 4.71. The minimum atomic E-state index is -1.02. The lowest BCUT2D eigenvalue weighted by Crippen LogP contribution is -2.00. The molecule has 0 atom stereocenters. The summed E-state index contributed by atoms with van der Waals surface area (Å²) in [6, 6.07) is 21.4. The summed E-state index contributed by atoms with van der Waals surface area (Å²) in [5.74, 6) is -1.46. The summed E-state index contributed by atoms with van der Waals surface area (Å²) in [4.78, 5) is 32.1. The fourth-order valence-corrected chi connectivity index (χ4v) is 7.42. The van der Waals surface area contributed by atoms with E-state index in [1.54, 1.807) is 36.4 Å². The Morgan fingerprint density at radius 2 is 1.00 bits per heavy atom. The minimum absolute atomic E-state index is 0.105. The maximum atomic E-state index is 11.6. The molecule has 14 heteroatoms. The van der Waals surface area contributed by atoms with Crippen molar-refractivity contribution in [2.75, 3.05) is 7.11 Å². The van der Waals surface area contributed by atoms with Crippen molar-refractivity contribution in [3.63, 3.8) is 0 Å². The molecule has 3 N–H and O–H groups in total. The number of aromatic amines is 2. The van der Waals surface area contributed by atoms with Gasteiger partial charge in [0.05, 0.1) is 37.2 Å². The molecular weight excluding hydrogens is 741 g/mol. The van der Waals surface area contributed by atoms with E-state index in [1.807, 2.05) is 30.3 Å². The molecule has 2 aromatic heterocycles. The van der Waals surface area contributed by atoms with Gasteiger partial charge in [0.2, 0.25) is 0 Å². The van der Waals surface area contributed by atoms with E-state index < -0.39 is 11.9 Å². The first-order valence-corrected chi connectivity index (χ1v) is 16.5. The van der Waals surface area contributed by atoms with Gasteiger partial charge in [0.1, 0.15) is 11.4 Å². The van der Waals surface area contributed by atoms with E-state index in [0.717, 1.165) is 30.5 Å². The Morgan fingerprint density at radius 3 is 1.42 bits per heavy atom. The van der Waals surface area contributed by atoms with Gasteiger partial charge < -0.3 is 19.8 Å². The molecule has 0 spiro atoms. The summed E-state index contributed by atoms with van der Waals surface area (Å²) in [6.07, 6.45) is 0.